The summed E-state index contributed by atoms with van der Waals surface area (Å²) in [6.07, 6.45) is 7.27. The van der Waals surface area contributed by atoms with E-state index in [4.69, 9.17) is 10.5 Å². The number of fused-ring (bicyclic) bond motifs is 2. The maximum Gasteiger partial charge on any atom is 0.308 e. The van der Waals surface area contributed by atoms with Gasteiger partial charge in [0.25, 0.3) is 5.91 Å². The first kappa shape index (κ1) is 22.9. The number of anilines is 1. The number of nitrogen functional groups attached to an aromatic ring is 1. The van der Waals surface area contributed by atoms with E-state index >= 15 is 0 Å². The van der Waals surface area contributed by atoms with Gasteiger partial charge in [-0.2, -0.15) is 0 Å². The number of nitrogens with two attached hydrogens (primary N) is 1. The molecule has 0 saturated heterocycles. The van der Waals surface area contributed by atoms with Gasteiger partial charge in [0.2, 0.25) is 0 Å². The Morgan fingerprint density at radius 3 is 2.60 bits per heavy atom. The molecule has 0 atom stereocenters. The Morgan fingerprint density at radius 2 is 1.83 bits per heavy atom. The van der Waals surface area contributed by atoms with Crippen LogP contribution in [0.1, 0.15) is 41.7 Å². The topological polar surface area (TPSA) is 99.2 Å². The number of hydrogen-bond acceptors (Lipinski definition) is 5. The number of carbonyl (C=O) groups is 2. The first-order valence-corrected chi connectivity index (χ1v) is 12.1. The van der Waals surface area contributed by atoms with Crippen molar-refractivity contribution in [3.63, 3.8) is 0 Å². The summed E-state index contributed by atoms with van der Waals surface area (Å²) in [6, 6.07) is 15.9. The minimum atomic E-state index is -0.135. The minimum absolute atomic E-state index is 0.0208. The molecule has 1 fully saturated rings. The molecule has 5 rings (SSSR count). The van der Waals surface area contributed by atoms with Gasteiger partial charge in [-0.25, -0.2) is 0 Å². The van der Waals surface area contributed by atoms with Crippen molar-refractivity contribution in [2.75, 3.05) is 19.4 Å². The van der Waals surface area contributed by atoms with Crippen LogP contribution >= 0.6 is 0 Å². The number of aromatic nitrogens is 2. The van der Waals surface area contributed by atoms with Crippen molar-refractivity contribution in [2.24, 2.45) is 11.8 Å². The summed E-state index contributed by atoms with van der Waals surface area (Å²) < 4.78 is 6.93. The summed E-state index contributed by atoms with van der Waals surface area (Å²) >= 11 is 0. The predicted molar refractivity (Wildman–Crippen MR) is 137 cm³/mol. The second-order valence-corrected chi connectivity index (χ2v) is 9.42. The van der Waals surface area contributed by atoms with E-state index in [9.17, 15) is 9.59 Å². The van der Waals surface area contributed by atoms with Crippen molar-refractivity contribution in [3.05, 3.63) is 72.2 Å². The maximum atomic E-state index is 13.3. The summed E-state index contributed by atoms with van der Waals surface area (Å²) in [4.78, 5) is 29.7. The predicted octanol–water partition coefficient (Wildman–Crippen LogP) is 4.53. The second kappa shape index (κ2) is 9.78. The van der Waals surface area contributed by atoms with E-state index in [1.54, 1.807) is 6.07 Å². The fourth-order valence-electron chi connectivity index (χ4n) is 5.17. The number of rotatable bonds is 6. The van der Waals surface area contributed by atoms with Gasteiger partial charge < -0.3 is 20.4 Å². The average Bonchev–Trinajstić information content (AvgIpc) is 3.28. The molecule has 1 amide bonds. The van der Waals surface area contributed by atoms with E-state index in [1.807, 2.05) is 42.7 Å². The molecule has 3 N–H and O–H groups in total. The van der Waals surface area contributed by atoms with Crippen LogP contribution in [0.2, 0.25) is 0 Å². The van der Waals surface area contributed by atoms with E-state index < -0.39 is 0 Å². The van der Waals surface area contributed by atoms with Crippen LogP contribution in [0.15, 0.2) is 60.9 Å². The molecule has 0 spiro atoms. The van der Waals surface area contributed by atoms with Crippen molar-refractivity contribution < 1.29 is 14.3 Å². The number of carbonyl (C=O) groups excluding carboxylic acids is 2. The second-order valence-electron chi connectivity index (χ2n) is 9.42. The zero-order chi connectivity index (χ0) is 24.4. The fraction of sp³-hybridized carbons (Fsp3) is 0.321. The van der Waals surface area contributed by atoms with E-state index in [2.05, 4.69) is 27.0 Å². The zero-order valence-corrected chi connectivity index (χ0v) is 19.9. The standard InChI is InChI=1S/C28H30N4O3/c1-35-28(34)19-8-6-18(7-9-19)15-31-27(33)25-14-23(29)12-21-10-11-32(26(21)25)17-24-13-20-4-2-3-5-22(20)16-30-24/h2-5,10-14,16,18-19H,6-9,15,17,29H2,1H3,(H,31,33). The van der Waals surface area contributed by atoms with Crippen molar-refractivity contribution in [1.82, 2.24) is 14.9 Å². The summed E-state index contributed by atoms with van der Waals surface area (Å²) in [5.41, 5.74) is 9.03. The molecule has 7 heteroatoms. The monoisotopic (exact) mass is 470 g/mol. The molecule has 1 aliphatic rings. The normalized spacial score (nSPS) is 18.0. The number of ether oxygens (including phenoxy) is 1. The van der Waals surface area contributed by atoms with Gasteiger partial charge in [0.1, 0.15) is 0 Å². The molecule has 0 radical (unpaired) electrons. The lowest BCUT2D eigenvalue weighted by molar-refractivity contribution is -0.146. The number of esters is 1. The Bertz CT molecular complexity index is 1390. The molecular formula is C28H30N4O3. The molecule has 2 aromatic carbocycles. The lowest BCUT2D eigenvalue weighted by Crippen LogP contribution is -2.33. The quantitative estimate of drug-likeness (QED) is 0.319. The SMILES string of the molecule is COC(=O)C1CCC(CNC(=O)c2cc(N)cc3ccn(Cc4cc5ccccc5cn4)c23)CC1. The fourth-order valence-corrected chi connectivity index (χ4v) is 5.17. The first-order chi connectivity index (χ1) is 17.0. The van der Waals surface area contributed by atoms with Gasteiger partial charge in [0, 0.05) is 35.4 Å². The molecule has 0 bridgehead atoms. The smallest absolute Gasteiger partial charge is 0.308 e. The Morgan fingerprint density at radius 1 is 1.06 bits per heavy atom. The molecule has 4 aromatic rings. The highest BCUT2D eigenvalue weighted by atomic mass is 16.5. The maximum absolute atomic E-state index is 13.3. The third-order valence-corrected chi connectivity index (χ3v) is 7.08. The number of amides is 1. The number of benzene rings is 2. The molecule has 0 unspecified atom stereocenters. The summed E-state index contributed by atoms with van der Waals surface area (Å²) in [7, 11) is 1.44. The van der Waals surface area contributed by atoms with Crippen LogP contribution in [0.25, 0.3) is 21.7 Å². The van der Waals surface area contributed by atoms with Crippen LogP contribution < -0.4 is 11.1 Å². The molecule has 180 valence electrons. The Balaban J connectivity index is 1.33. The van der Waals surface area contributed by atoms with Crippen molar-refractivity contribution in [3.8, 4) is 0 Å². The van der Waals surface area contributed by atoms with Crippen LogP contribution in [0.3, 0.4) is 0 Å². The Labute approximate surface area is 204 Å². The average molecular weight is 471 g/mol. The van der Waals surface area contributed by atoms with Crippen LogP contribution in [-0.2, 0) is 16.1 Å². The molecular weight excluding hydrogens is 440 g/mol. The van der Waals surface area contributed by atoms with Gasteiger partial charge in [-0.1, -0.05) is 24.3 Å². The van der Waals surface area contributed by atoms with E-state index in [1.165, 1.54) is 7.11 Å². The van der Waals surface area contributed by atoms with Gasteiger partial charge in [0.05, 0.1) is 36.3 Å². The summed E-state index contributed by atoms with van der Waals surface area (Å²) in [5, 5.41) is 6.27. The molecule has 0 aliphatic heterocycles. The van der Waals surface area contributed by atoms with Crippen LogP contribution in [0, 0.1) is 11.8 Å². The summed E-state index contributed by atoms with van der Waals surface area (Å²) in [6.45, 7) is 1.13. The highest BCUT2D eigenvalue weighted by Crippen LogP contribution is 2.30. The lowest BCUT2D eigenvalue weighted by atomic mass is 9.82. The number of nitrogens with zero attached hydrogens (tertiary/aromatic N) is 2. The molecule has 2 heterocycles. The summed E-state index contributed by atoms with van der Waals surface area (Å²) in [5.74, 6) is 0.0672. The van der Waals surface area contributed by atoms with Crippen LogP contribution in [0.4, 0.5) is 5.69 Å². The number of methoxy groups -OCH3 is 1. The highest BCUT2D eigenvalue weighted by molar-refractivity contribution is 6.07. The van der Waals surface area contributed by atoms with Crippen LogP contribution in [-0.4, -0.2) is 35.1 Å². The Kier molecular flexibility index (Phi) is 6.40. The molecule has 7 nitrogen and oxygen atoms in total. The van der Waals surface area contributed by atoms with Gasteiger partial charge in [-0.3, -0.25) is 14.6 Å². The van der Waals surface area contributed by atoms with Gasteiger partial charge in [-0.15, -0.1) is 0 Å². The minimum Gasteiger partial charge on any atom is -0.469 e. The third kappa shape index (κ3) is 4.85. The van der Waals surface area contributed by atoms with Crippen LogP contribution in [0.5, 0.6) is 0 Å². The van der Waals surface area contributed by atoms with Gasteiger partial charge in [-0.05, 0) is 61.3 Å². The van der Waals surface area contributed by atoms with Gasteiger partial charge in [0.15, 0.2) is 0 Å². The first-order valence-electron chi connectivity index (χ1n) is 12.1. The molecule has 35 heavy (non-hydrogen) atoms. The molecule has 1 aliphatic carbocycles. The highest BCUT2D eigenvalue weighted by Gasteiger charge is 2.27. The van der Waals surface area contributed by atoms with Crippen molar-refractivity contribution >= 4 is 39.2 Å². The zero-order valence-electron chi connectivity index (χ0n) is 19.9. The number of pyridine rings is 1. The van der Waals surface area contributed by atoms with E-state index in [0.717, 1.165) is 53.1 Å². The van der Waals surface area contributed by atoms with E-state index in [-0.39, 0.29) is 17.8 Å². The third-order valence-electron chi connectivity index (χ3n) is 7.08. The van der Waals surface area contributed by atoms with Crippen molar-refractivity contribution in [1.29, 1.82) is 0 Å². The van der Waals surface area contributed by atoms with Crippen molar-refractivity contribution in [2.45, 2.75) is 32.2 Å². The van der Waals surface area contributed by atoms with E-state index in [0.29, 0.717) is 30.3 Å². The molecule has 1 saturated carbocycles. The lowest BCUT2D eigenvalue weighted by Gasteiger charge is -2.27. The Hall–Kier alpha value is -3.87. The van der Waals surface area contributed by atoms with Gasteiger partial charge >= 0.3 is 5.97 Å². The number of nitrogens with one attached hydrogen (secondary N) is 1. The largest absolute Gasteiger partial charge is 0.469 e. The molecule has 2 aromatic heterocycles. The number of hydrogen-bond donors (Lipinski definition) is 2.